The number of thiophene rings is 1. The van der Waals surface area contributed by atoms with Crippen molar-refractivity contribution < 1.29 is 43.5 Å². The van der Waals surface area contributed by atoms with Gasteiger partial charge in [-0.2, -0.15) is 13.9 Å². The highest BCUT2D eigenvalue weighted by atomic mass is 35.5. The van der Waals surface area contributed by atoms with Crippen LogP contribution in [0.25, 0.3) is 5.82 Å². The second-order valence-electron chi connectivity index (χ2n) is 9.62. The fraction of sp³-hybridized carbons (Fsp3) is 0.440. The molecular formula is C25H26Cl2F2N4O7S. The molecule has 0 aromatic carbocycles. The number of hydrogen-bond acceptors (Lipinski definition) is 9. The van der Waals surface area contributed by atoms with Gasteiger partial charge in [-0.3, -0.25) is 4.90 Å². The Morgan fingerprint density at radius 1 is 1.17 bits per heavy atom. The van der Waals surface area contributed by atoms with Crippen LogP contribution in [0.2, 0.25) is 9.36 Å². The summed E-state index contributed by atoms with van der Waals surface area (Å²) < 4.78 is 36.5. The molecule has 1 fully saturated rings. The molecule has 0 saturated carbocycles. The second-order valence-corrected chi connectivity index (χ2v) is 11.7. The summed E-state index contributed by atoms with van der Waals surface area (Å²) in [6.07, 6.45) is 0.386. The Labute approximate surface area is 246 Å². The number of aliphatic hydroxyl groups excluding tert-OH is 2. The fourth-order valence-corrected chi connectivity index (χ4v) is 6.29. The summed E-state index contributed by atoms with van der Waals surface area (Å²) in [7, 11) is 0. The van der Waals surface area contributed by atoms with Crippen LogP contribution >= 0.6 is 34.5 Å². The van der Waals surface area contributed by atoms with Crippen LogP contribution in [-0.4, -0.2) is 83.9 Å². The lowest BCUT2D eigenvalue weighted by atomic mass is 9.84. The van der Waals surface area contributed by atoms with Crippen molar-refractivity contribution in [1.29, 1.82) is 0 Å². The van der Waals surface area contributed by atoms with E-state index < -0.39 is 42.3 Å². The first-order valence-electron chi connectivity index (χ1n) is 12.3. The summed E-state index contributed by atoms with van der Waals surface area (Å²) in [5.41, 5.74) is 1.34. The molecule has 5 heterocycles. The van der Waals surface area contributed by atoms with Crippen LogP contribution in [0, 0.1) is 6.92 Å². The number of likely N-dealkylation sites (tertiary alicyclic amines) is 1. The molecule has 222 valence electrons. The molecule has 3 aromatic heterocycles. The van der Waals surface area contributed by atoms with E-state index in [0.717, 1.165) is 24.3 Å². The Morgan fingerprint density at radius 3 is 2.39 bits per heavy atom. The van der Waals surface area contributed by atoms with E-state index in [0.29, 0.717) is 39.4 Å². The topological polar surface area (TPSA) is 158 Å². The van der Waals surface area contributed by atoms with Crippen LogP contribution in [-0.2, 0) is 32.4 Å². The van der Waals surface area contributed by atoms with E-state index in [2.05, 4.69) is 15.0 Å². The molecule has 5 rings (SSSR count). The number of ether oxygens (including phenoxy) is 1. The van der Waals surface area contributed by atoms with E-state index in [-0.39, 0.29) is 5.56 Å². The summed E-state index contributed by atoms with van der Waals surface area (Å²) in [5.74, 6) is -5.93. The smallest absolute Gasteiger partial charge is 0.335 e. The molecule has 2 atom stereocenters. The summed E-state index contributed by atoms with van der Waals surface area (Å²) in [6.45, 7) is 3.54. The number of halogens is 4. The van der Waals surface area contributed by atoms with Crippen molar-refractivity contribution in [1.82, 2.24) is 19.7 Å². The molecule has 2 aliphatic heterocycles. The second kappa shape index (κ2) is 12.3. The zero-order valence-electron chi connectivity index (χ0n) is 21.5. The van der Waals surface area contributed by atoms with Crippen molar-refractivity contribution >= 4 is 46.5 Å². The Bertz CT molecular complexity index is 1410. The average molecular weight is 635 g/mol. The normalized spacial score (nSPS) is 19.1. The van der Waals surface area contributed by atoms with Gasteiger partial charge in [0.2, 0.25) is 0 Å². The van der Waals surface area contributed by atoms with Gasteiger partial charge in [-0.15, -0.1) is 11.3 Å². The van der Waals surface area contributed by atoms with E-state index in [9.17, 15) is 18.4 Å². The molecule has 1 spiro atoms. The third-order valence-corrected chi connectivity index (χ3v) is 8.60. The molecule has 0 radical (unpaired) electrons. The number of carbonyl (C=O) groups is 2. The summed E-state index contributed by atoms with van der Waals surface area (Å²) in [6, 6.07) is 4.96. The highest BCUT2D eigenvalue weighted by Gasteiger charge is 2.51. The quantitative estimate of drug-likeness (QED) is 0.316. The first-order chi connectivity index (χ1) is 19.2. The minimum Gasteiger partial charge on any atom is -0.479 e. The number of aromatic nitrogens is 3. The van der Waals surface area contributed by atoms with E-state index in [1.807, 2.05) is 13.1 Å². The van der Waals surface area contributed by atoms with Gasteiger partial charge in [0.1, 0.15) is 12.2 Å². The number of piperidine rings is 1. The molecule has 0 amide bonds. The first-order valence-corrected chi connectivity index (χ1v) is 13.8. The number of aliphatic carboxylic acids is 2. The molecule has 11 nitrogen and oxygen atoms in total. The molecule has 16 heteroatoms. The Hall–Kier alpha value is -2.72. The molecule has 0 unspecified atom stereocenters. The predicted octanol–water partition coefficient (Wildman–Crippen LogP) is 3.43. The SMILES string of the molecule is Cc1nn(-c2ncccc2Cl)cc1CN1CCC2(CC1)OCC(F)(F)c1cc(Cl)sc12.O=C(O)[C@H](O)[C@@H](O)C(=O)O. The summed E-state index contributed by atoms with van der Waals surface area (Å²) >= 11 is 13.6. The molecule has 2 aliphatic rings. The number of pyridine rings is 1. The molecule has 1 saturated heterocycles. The van der Waals surface area contributed by atoms with E-state index in [4.69, 9.17) is 48.4 Å². The van der Waals surface area contributed by atoms with Crippen LogP contribution in [0.4, 0.5) is 8.78 Å². The van der Waals surface area contributed by atoms with E-state index >= 15 is 0 Å². The number of fused-ring (bicyclic) bond motifs is 2. The van der Waals surface area contributed by atoms with Gasteiger partial charge in [0.15, 0.2) is 18.0 Å². The van der Waals surface area contributed by atoms with Crippen molar-refractivity contribution in [3.63, 3.8) is 0 Å². The van der Waals surface area contributed by atoms with Gasteiger partial charge >= 0.3 is 11.9 Å². The maximum Gasteiger partial charge on any atom is 0.335 e. The van der Waals surface area contributed by atoms with Gasteiger partial charge < -0.3 is 25.2 Å². The molecular weight excluding hydrogens is 609 g/mol. The van der Waals surface area contributed by atoms with Crippen LogP contribution < -0.4 is 0 Å². The number of carboxylic acids is 2. The van der Waals surface area contributed by atoms with E-state index in [1.54, 1.807) is 23.0 Å². The standard InChI is InChI=1S/C21H20Cl2F2N4OS.C4H6O6/c1-13-14(11-29(27-13)19-16(22)3-2-6-26-19)10-28-7-4-20(5-8-28)18-15(9-17(23)31-18)21(24,25)12-30-20;5-1(3(7)8)2(6)4(9)10/h2-3,6,9,11H,4-5,7-8,10,12H2,1H3;1-2,5-6H,(H,7,8)(H,9,10)/t;1-,2-/m.1/s1. The Morgan fingerprint density at radius 2 is 1.80 bits per heavy atom. The van der Waals surface area contributed by atoms with Gasteiger partial charge in [0.25, 0.3) is 5.92 Å². The van der Waals surface area contributed by atoms with Crippen LogP contribution in [0.15, 0.2) is 30.6 Å². The minimum atomic E-state index is -2.99. The molecule has 0 aliphatic carbocycles. The zero-order valence-corrected chi connectivity index (χ0v) is 23.8. The van der Waals surface area contributed by atoms with Crippen molar-refractivity contribution in [2.45, 2.75) is 50.0 Å². The number of hydrogen-bond donors (Lipinski definition) is 4. The zero-order chi connectivity index (χ0) is 30.1. The number of nitrogens with zero attached hydrogens (tertiary/aromatic N) is 4. The molecule has 0 bridgehead atoms. The first kappa shape index (κ1) is 31.2. The maximum absolute atomic E-state index is 14.3. The highest BCUT2D eigenvalue weighted by Crippen LogP contribution is 2.52. The number of aryl methyl sites for hydroxylation is 1. The van der Waals surface area contributed by atoms with Gasteiger partial charge in [-0.25, -0.2) is 19.3 Å². The maximum atomic E-state index is 14.3. The summed E-state index contributed by atoms with van der Waals surface area (Å²) in [4.78, 5) is 26.7. The van der Waals surface area contributed by atoms with Crippen LogP contribution in [0.1, 0.15) is 34.5 Å². The van der Waals surface area contributed by atoms with Gasteiger partial charge in [-0.05, 0) is 38.0 Å². The number of alkyl halides is 2. The van der Waals surface area contributed by atoms with Crippen molar-refractivity contribution in [2.75, 3.05) is 19.7 Å². The Balaban J connectivity index is 0.000000334. The lowest BCUT2D eigenvalue weighted by Gasteiger charge is -2.45. The summed E-state index contributed by atoms with van der Waals surface area (Å²) in [5, 5.41) is 37.6. The molecule has 41 heavy (non-hydrogen) atoms. The average Bonchev–Trinajstić information content (AvgIpc) is 3.51. The van der Waals surface area contributed by atoms with Crippen molar-refractivity contribution in [3.8, 4) is 5.82 Å². The third kappa shape index (κ3) is 6.69. The van der Waals surface area contributed by atoms with Crippen LogP contribution in [0.3, 0.4) is 0 Å². The van der Waals surface area contributed by atoms with Gasteiger partial charge in [0, 0.05) is 48.0 Å². The largest absolute Gasteiger partial charge is 0.479 e. The van der Waals surface area contributed by atoms with Gasteiger partial charge in [0.05, 0.1) is 15.1 Å². The van der Waals surface area contributed by atoms with Crippen molar-refractivity contribution in [2.24, 2.45) is 0 Å². The fourth-order valence-electron chi connectivity index (χ4n) is 4.60. The lowest BCUT2D eigenvalue weighted by Crippen LogP contribution is -2.48. The van der Waals surface area contributed by atoms with E-state index in [1.165, 1.54) is 17.4 Å². The number of rotatable bonds is 6. The lowest BCUT2D eigenvalue weighted by molar-refractivity contribution is -0.182. The Kier molecular flexibility index (Phi) is 9.33. The van der Waals surface area contributed by atoms with Crippen molar-refractivity contribution in [3.05, 3.63) is 61.6 Å². The molecule has 3 aromatic rings. The minimum absolute atomic E-state index is 0.0339. The monoisotopic (exact) mass is 634 g/mol. The molecule has 4 N–H and O–H groups in total. The predicted molar refractivity (Wildman–Crippen MR) is 144 cm³/mol. The van der Waals surface area contributed by atoms with Gasteiger partial charge in [-0.1, -0.05) is 23.2 Å². The third-order valence-electron chi connectivity index (χ3n) is 6.86. The van der Waals surface area contributed by atoms with Crippen LogP contribution in [0.5, 0.6) is 0 Å². The number of carboxylic acid groups (broad SMARTS) is 2. The highest BCUT2D eigenvalue weighted by molar-refractivity contribution is 7.16. The number of aliphatic hydroxyl groups is 2.